The summed E-state index contributed by atoms with van der Waals surface area (Å²) in [5.74, 6) is 0. The summed E-state index contributed by atoms with van der Waals surface area (Å²) < 4.78 is 10.1. The van der Waals surface area contributed by atoms with Gasteiger partial charge in [-0.2, -0.15) is 4.57 Å². The minimum atomic E-state index is 0.126. The SMILES string of the molecule is COC[C@@H](c1ccccc1)[n+]1cn(-c2ccccc2)c2ccccc21. The molecule has 0 fully saturated rings. The monoisotopic (exact) mass is 329 g/mol. The first-order valence-corrected chi connectivity index (χ1v) is 8.49. The summed E-state index contributed by atoms with van der Waals surface area (Å²) in [5, 5.41) is 0. The summed E-state index contributed by atoms with van der Waals surface area (Å²) in [4.78, 5) is 0. The number of rotatable bonds is 5. The minimum Gasteiger partial charge on any atom is -0.380 e. The van der Waals surface area contributed by atoms with Gasteiger partial charge in [0.15, 0.2) is 11.0 Å². The zero-order valence-corrected chi connectivity index (χ0v) is 14.2. The maximum absolute atomic E-state index is 5.55. The smallest absolute Gasteiger partial charge is 0.250 e. The van der Waals surface area contributed by atoms with Crippen LogP contribution in [0.5, 0.6) is 0 Å². The maximum atomic E-state index is 5.55. The molecule has 3 nitrogen and oxygen atoms in total. The van der Waals surface area contributed by atoms with Gasteiger partial charge in [-0.15, -0.1) is 0 Å². The minimum absolute atomic E-state index is 0.126. The number of nitrogens with zero attached hydrogens (tertiary/aromatic N) is 2. The number of methoxy groups -OCH3 is 1. The van der Waals surface area contributed by atoms with Crippen LogP contribution in [-0.2, 0) is 4.74 Å². The lowest BCUT2D eigenvalue weighted by Gasteiger charge is -2.14. The molecule has 1 atom stereocenters. The van der Waals surface area contributed by atoms with Gasteiger partial charge in [0.1, 0.15) is 11.7 Å². The van der Waals surface area contributed by atoms with Crippen molar-refractivity contribution in [3.63, 3.8) is 0 Å². The highest BCUT2D eigenvalue weighted by molar-refractivity contribution is 5.74. The van der Waals surface area contributed by atoms with Gasteiger partial charge in [0.2, 0.25) is 0 Å². The number of aromatic nitrogens is 2. The van der Waals surface area contributed by atoms with Crippen molar-refractivity contribution in [1.29, 1.82) is 0 Å². The van der Waals surface area contributed by atoms with Crippen LogP contribution in [0.2, 0.25) is 0 Å². The third kappa shape index (κ3) is 2.94. The molecule has 1 heterocycles. The lowest BCUT2D eigenvalue weighted by atomic mass is 10.1. The van der Waals surface area contributed by atoms with Crippen LogP contribution in [0.1, 0.15) is 11.6 Å². The third-order valence-electron chi connectivity index (χ3n) is 4.54. The lowest BCUT2D eigenvalue weighted by Crippen LogP contribution is -2.41. The van der Waals surface area contributed by atoms with E-state index in [0.717, 1.165) is 5.69 Å². The zero-order chi connectivity index (χ0) is 17.1. The number of imidazole rings is 1. The van der Waals surface area contributed by atoms with E-state index in [1.807, 2.05) is 12.1 Å². The Balaban J connectivity index is 1.92. The number of hydrogen-bond acceptors (Lipinski definition) is 1. The molecule has 4 rings (SSSR count). The Kier molecular flexibility index (Phi) is 4.32. The van der Waals surface area contributed by atoms with E-state index in [2.05, 4.69) is 88.3 Å². The van der Waals surface area contributed by atoms with Crippen molar-refractivity contribution in [3.05, 3.63) is 96.8 Å². The van der Waals surface area contributed by atoms with E-state index in [4.69, 9.17) is 4.74 Å². The second-order valence-corrected chi connectivity index (χ2v) is 6.10. The highest BCUT2D eigenvalue weighted by Gasteiger charge is 2.25. The number of para-hydroxylation sites is 3. The van der Waals surface area contributed by atoms with Gasteiger partial charge in [-0.05, 0) is 29.8 Å². The van der Waals surface area contributed by atoms with E-state index in [9.17, 15) is 0 Å². The molecule has 1 aromatic heterocycles. The standard InChI is InChI=1S/C22H21N2O/c1-25-16-22(18-10-4-2-5-11-18)24-17-23(19-12-6-3-7-13-19)20-14-8-9-15-21(20)24/h2-15,17,22H,16H2,1H3/q+1/t22-/m0/s1. The van der Waals surface area contributed by atoms with E-state index >= 15 is 0 Å². The Morgan fingerprint density at radius 1 is 0.840 bits per heavy atom. The van der Waals surface area contributed by atoms with E-state index in [1.165, 1.54) is 16.6 Å². The third-order valence-corrected chi connectivity index (χ3v) is 4.54. The van der Waals surface area contributed by atoms with Crippen molar-refractivity contribution >= 4 is 11.0 Å². The van der Waals surface area contributed by atoms with Gasteiger partial charge < -0.3 is 4.74 Å². The lowest BCUT2D eigenvalue weighted by molar-refractivity contribution is -0.691. The van der Waals surface area contributed by atoms with Gasteiger partial charge >= 0.3 is 0 Å². The number of benzene rings is 3. The van der Waals surface area contributed by atoms with E-state index < -0.39 is 0 Å². The molecule has 0 bridgehead atoms. The number of fused-ring (bicyclic) bond motifs is 1. The Bertz CT molecular complexity index is 961. The fourth-order valence-corrected chi connectivity index (χ4v) is 3.35. The maximum Gasteiger partial charge on any atom is 0.250 e. The summed E-state index contributed by atoms with van der Waals surface area (Å²) in [7, 11) is 1.76. The van der Waals surface area contributed by atoms with Gasteiger partial charge in [0.25, 0.3) is 6.33 Å². The quantitative estimate of drug-likeness (QED) is 0.503. The molecule has 0 aliphatic rings. The summed E-state index contributed by atoms with van der Waals surface area (Å²) in [6.45, 7) is 0.622. The second kappa shape index (κ2) is 6.91. The van der Waals surface area contributed by atoms with Crippen molar-refractivity contribution in [1.82, 2.24) is 4.57 Å². The molecule has 0 N–H and O–H groups in total. The first-order valence-electron chi connectivity index (χ1n) is 8.49. The van der Waals surface area contributed by atoms with Crippen LogP contribution in [0.15, 0.2) is 91.3 Å². The predicted octanol–water partition coefficient (Wildman–Crippen LogP) is 4.15. The Morgan fingerprint density at radius 2 is 1.48 bits per heavy atom. The Morgan fingerprint density at radius 3 is 2.20 bits per heavy atom. The molecule has 25 heavy (non-hydrogen) atoms. The highest BCUT2D eigenvalue weighted by atomic mass is 16.5. The average molecular weight is 329 g/mol. The molecular weight excluding hydrogens is 308 g/mol. The predicted molar refractivity (Wildman–Crippen MR) is 99.9 cm³/mol. The Labute approximate surface area is 147 Å². The zero-order valence-electron chi connectivity index (χ0n) is 14.2. The van der Waals surface area contributed by atoms with Crippen molar-refractivity contribution in [3.8, 4) is 5.69 Å². The first kappa shape index (κ1) is 15.6. The Hall–Kier alpha value is -2.91. The van der Waals surface area contributed by atoms with Crippen molar-refractivity contribution in [2.45, 2.75) is 6.04 Å². The van der Waals surface area contributed by atoms with Crippen molar-refractivity contribution in [2.75, 3.05) is 13.7 Å². The summed E-state index contributed by atoms with van der Waals surface area (Å²) in [6.07, 6.45) is 2.18. The average Bonchev–Trinajstić information content (AvgIpc) is 3.07. The topological polar surface area (TPSA) is 18.0 Å². The van der Waals surface area contributed by atoms with Crippen molar-refractivity contribution < 1.29 is 9.30 Å². The number of hydrogen-bond donors (Lipinski definition) is 0. The number of ether oxygens (including phenoxy) is 1. The molecule has 0 radical (unpaired) electrons. The van der Waals surface area contributed by atoms with Gasteiger partial charge in [-0.3, -0.25) is 0 Å². The van der Waals surface area contributed by atoms with Crippen LogP contribution in [0, 0.1) is 0 Å². The fraction of sp³-hybridized carbons (Fsp3) is 0.136. The molecule has 0 saturated heterocycles. The van der Waals surface area contributed by atoms with Gasteiger partial charge in [-0.1, -0.05) is 60.7 Å². The second-order valence-electron chi connectivity index (χ2n) is 6.10. The molecule has 124 valence electrons. The van der Waals surface area contributed by atoms with Crippen LogP contribution < -0.4 is 4.57 Å². The van der Waals surface area contributed by atoms with E-state index in [1.54, 1.807) is 7.11 Å². The summed E-state index contributed by atoms with van der Waals surface area (Å²) in [5.41, 5.74) is 4.77. The molecule has 4 aromatic rings. The molecular formula is C22H21N2O+. The molecule has 0 aliphatic carbocycles. The van der Waals surface area contributed by atoms with Crippen LogP contribution >= 0.6 is 0 Å². The fourth-order valence-electron chi connectivity index (χ4n) is 3.35. The molecule has 0 saturated carbocycles. The normalized spacial score (nSPS) is 12.4. The molecule has 0 aliphatic heterocycles. The molecule has 0 unspecified atom stereocenters. The van der Waals surface area contributed by atoms with Crippen LogP contribution in [-0.4, -0.2) is 18.3 Å². The van der Waals surface area contributed by atoms with Crippen LogP contribution in [0.3, 0.4) is 0 Å². The molecule has 3 heteroatoms. The largest absolute Gasteiger partial charge is 0.380 e. The van der Waals surface area contributed by atoms with Crippen LogP contribution in [0.25, 0.3) is 16.7 Å². The molecule has 3 aromatic carbocycles. The molecule has 0 spiro atoms. The van der Waals surface area contributed by atoms with Crippen LogP contribution in [0.4, 0.5) is 0 Å². The van der Waals surface area contributed by atoms with E-state index in [-0.39, 0.29) is 6.04 Å². The van der Waals surface area contributed by atoms with Crippen molar-refractivity contribution in [2.24, 2.45) is 0 Å². The highest BCUT2D eigenvalue weighted by Crippen LogP contribution is 2.21. The molecule has 0 amide bonds. The first-order chi connectivity index (χ1) is 12.4. The van der Waals surface area contributed by atoms with Gasteiger partial charge in [0.05, 0.1) is 6.61 Å². The summed E-state index contributed by atoms with van der Waals surface area (Å²) in [6, 6.07) is 29.6. The van der Waals surface area contributed by atoms with Gasteiger partial charge in [0, 0.05) is 7.11 Å². The van der Waals surface area contributed by atoms with Gasteiger partial charge in [-0.25, -0.2) is 4.57 Å². The summed E-state index contributed by atoms with van der Waals surface area (Å²) >= 11 is 0. The van der Waals surface area contributed by atoms with E-state index in [0.29, 0.717) is 6.61 Å².